The lowest BCUT2D eigenvalue weighted by Gasteiger charge is -2.36. The fraction of sp³-hybridized carbons (Fsp3) is 0.692. The van der Waals surface area contributed by atoms with Crippen LogP contribution in [0.4, 0.5) is 11.6 Å². The molecule has 0 radical (unpaired) electrons. The minimum Gasteiger partial charge on any atom is -0.384 e. The second kappa shape index (κ2) is 5.52. The van der Waals surface area contributed by atoms with Crippen LogP contribution >= 0.6 is 0 Å². The molecule has 0 saturated carbocycles. The predicted octanol–water partition coefficient (Wildman–Crippen LogP) is 1.62. The van der Waals surface area contributed by atoms with Crippen LogP contribution in [0.2, 0.25) is 0 Å². The highest BCUT2D eigenvalue weighted by molar-refractivity contribution is 5.47. The molecule has 2 N–H and O–H groups in total. The third-order valence-electron chi connectivity index (χ3n) is 3.00. The minimum atomic E-state index is 0.222. The van der Waals surface area contributed by atoms with E-state index in [1.54, 1.807) is 0 Å². The molecule has 100 valence electrons. The van der Waals surface area contributed by atoms with Crippen LogP contribution in [0.25, 0.3) is 0 Å². The second-order valence-corrected chi connectivity index (χ2v) is 4.98. The van der Waals surface area contributed by atoms with E-state index in [-0.39, 0.29) is 12.2 Å². The van der Waals surface area contributed by atoms with E-state index in [1.807, 2.05) is 6.07 Å². The third kappa shape index (κ3) is 3.10. The van der Waals surface area contributed by atoms with Gasteiger partial charge in [-0.2, -0.15) is 0 Å². The number of aryl methyl sites for hydroxylation is 1. The molecule has 1 fully saturated rings. The van der Waals surface area contributed by atoms with Gasteiger partial charge in [-0.05, 0) is 20.3 Å². The number of ether oxygens (including phenoxy) is 1. The molecule has 2 unspecified atom stereocenters. The Labute approximate surface area is 108 Å². The molecule has 2 heterocycles. The number of hydrogen-bond acceptors (Lipinski definition) is 5. The highest BCUT2D eigenvalue weighted by Gasteiger charge is 2.23. The van der Waals surface area contributed by atoms with E-state index < -0.39 is 0 Å². The second-order valence-electron chi connectivity index (χ2n) is 4.98. The van der Waals surface area contributed by atoms with E-state index in [2.05, 4.69) is 35.6 Å². The molecule has 2 atom stereocenters. The Bertz CT molecular complexity index is 400. The van der Waals surface area contributed by atoms with Gasteiger partial charge in [0.15, 0.2) is 0 Å². The number of morpholine rings is 1. The van der Waals surface area contributed by atoms with E-state index in [0.29, 0.717) is 5.82 Å². The summed E-state index contributed by atoms with van der Waals surface area (Å²) in [6.07, 6.45) is 2.34. The minimum absolute atomic E-state index is 0.222. The number of rotatable bonds is 3. The summed E-state index contributed by atoms with van der Waals surface area (Å²) in [5, 5.41) is 0. The number of nitrogens with zero attached hydrogens (tertiary/aromatic N) is 3. The lowest BCUT2D eigenvalue weighted by atomic mass is 10.2. The Balaban J connectivity index is 2.21. The van der Waals surface area contributed by atoms with E-state index in [9.17, 15) is 0 Å². The summed E-state index contributed by atoms with van der Waals surface area (Å²) in [6, 6.07) is 1.85. The van der Waals surface area contributed by atoms with Crippen LogP contribution in [0.5, 0.6) is 0 Å². The van der Waals surface area contributed by atoms with Gasteiger partial charge in [-0.3, -0.25) is 0 Å². The molecule has 1 aromatic heterocycles. The normalized spacial score (nSPS) is 24.3. The van der Waals surface area contributed by atoms with Crippen molar-refractivity contribution in [3.8, 4) is 0 Å². The Hall–Kier alpha value is -1.36. The SMILES string of the molecule is CCCc1nc(N)cc(N2CC(C)OC(C)C2)n1. The molecule has 1 saturated heterocycles. The number of nitrogens with two attached hydrogens (primary N) is 1. The highest BCUT2D eigenvalue weighted by Crippen LogP contribution is 2.20. The monoisotopic (exact) mass is 250 g/mol. The number of hydrogen-bond donors (Lipinski definition) is 1. The lowest BCUT2D eigenvalue weighted by Crippen LogP contribution is -2.46. The van der Waals surface area contributed by atoms with E-state index in [4.69, 9.17) is 10.5 Å². The van der Waals surface area contributed by atoms with Gasteiger partial charge in [0.1, 0.15) is 17.5 Å². The average Bonchev–Trinajstić information content (AvgIpc) is 2.27. The first-order valence-corrected chi connectivity index (χ1v) is 6.62. The first-order valence-electron chi connectivity index (χ1n) is 6.62. The van der Waals surface area contributed by atoms with Crippen LogP contribution in [0.3, 0.4) is 0 Å². The third-order valence-corrected chi connectivity index (χ3v) is 3.00. The first kappa shape index (κ1) is 13.1. The van der Waals surface area contributed by atoms with Gasteiger partial charge in [0.05, 0.1) is 12.2 Å². The smallest absolute Gasteiger partial charge is 0.134 e. The summed E-state index contributed by atoms with van der Waals surface area (Å²) in [4.78, 5) is 11.1. The zero-order valence-corrected chi connectivity index (χ0v) is 11.4. The molecule has 0 amide bonds. The molecule has 2 rings (SSSR count). The van der Waals surface area contributed by atoms with Gasteiger partial charge in [-0.15, -0.1) is 0 Å². The van der Waals surface area contributed by atoms with Crippen molar-refractivity contribution in [3.05, 3.63) is 11.9 Å². The maximum absolute atomic E-state index is 5.86. The number of aromatic nitrogens is 2. The van der Waals surface area contributed by atoms with Crippen LogP contribution in [0.1, 0.15) is 33.0 Å². The Morgan fingerprint density at radius 3 is 2.61 bits per heavy atom. The predicted molar refractivity (Wildman–Crippen MR) is 72.7 cm³/mol. The molecule has 0 bridgehead atoms. The van der Waals surface area contributed by atoms with E-state index in [0.717, 1.165) is 37.6 Å². The largest absolute Gasteiger partial charge is 0.384 e. The Kier molecular flexibility index (Phi) is 4.01. The zero-order chi connectivity index (χ0) is 13.1. The molecule has 5 heteroatoms. The molecule has 5 nitrogen and oxygen atoms in total. The molecule has 0 spiro atoms. The van der Waals surface area contributed by atoms with E-state index in [1.165, 1.54) is 0 Å². The maximum Gasteiger partial charge on any atom is 0.134 e. The number of nitrogen functional groups attached to an aromatic ring is 1. The molecule has 0 aromatic carbocycles. The van der Waals surface area contributed by atoms with Gasteiger partial charge >= 0.3 is 0 Å². The summed E-state index contributed by atoms with van der Waals surface area (Å²) >= 11 is 0. The van der Waals surface area contributed by atoms with Crippen molar-refractivity contribution in [2.75, 3.05) is 23.7 Å². The molecular weight excluding hydrogens is 228 g/mol. The van der Waals surface area contributed by atoms with Gasteiger partial charge in [-0.25, -0.2) is 9.97 Å². The molecule has 1 aliphatic rings. The van der Waals surface area contributed by atoms with Crippen molar-refractivity contribution < 1.29 is 4.74 Å². The van der Waals surface area contributed by atoms with Crippen molar-refractivity contribution >= 4 is 11.6 Å². The highest BCUT2D eigenvalue weighted by atomic mass is 16.5. The number of anilines is 2. The summed E-state index contributed by atoms with van der Waals surface area (Å²) in [6.45, 7) is 7.99. The Morgan fingerprint density at radius 2 is 2.00 bits per heavy atom. The van der Waals surface area contributed by atoms with Crippen LogP contribution in [0, 0.1) is 0 Å². The van der Waals surface area contributed by atoms with Gasteiger partial charge < -0.3 is 15.4 Å². The summed E-state index contributed by atoms with van der Waals surface area (Å²) < 4.78 is 5.73. The van der Waals surface area contributed by atoms with Crippen LogP contribution in [0.15, 0.2) is 6.07 Å². The fourth-order valence-corrected chi connectivity index (χ4v) is 2.37. The fourth-order valence-electron chi connectivity index (χ4n) is 2.37. The summed E-state index contributed by atoms with van der Waals surface area (Å²) in [5.74, 6) is 2.31. The van der Waals surface area contributed by atoms with Gasteiger partial charge in [0.2, 0.25) is 0 Å². The molecule has 1 aliphatic heterocycles. The van der Waals surface area contributed by atoms with Crippen molar-refractivity contribution in [3.63, 3.8) is 0 Å². The lowest BCUT2D eigenvalue weighted by molar-refractivity contribution is -0.00547. The van der Waals surface area contributed by atoms with Crippen molar-refractivity contribution in [1.82, 2.24) is 9.97 Å². The first-order chi connectivity index (χ1) is 8.58. The average molecular weight is 250 g/mol. The van der Waals surface area contributed by atoms with Crippen molar-refractivity contribution in [1.29, 1.82) is 0 Å². The summed E-state index contributed by atoms with van der Waals surface area (Å²) in [5.41, 5.74) is 5.86. The van der Waals surface area contributed by atoms with Crippen molar-refractivity contribution in [2.24, 2.45) is 0 Å². The molecule has 0 aliphatic carbocycles. The quantitative estimate of drug-likeness (QED) is 0.883. The van der Waals surface area contributed by atoms with Gasteiger partial charge in [0, 0.05) is 25.6 Å². The Morgan fingerprint density at radius 1 is 1.33 bits per heavy atom. The van der Waals surface area contributed by atoms with Crippen LogP contribution in [-0.2, 0) is 11.2 Å². The molecule has 18 heavy (non-hydrogen) atoms. The summed E-state index contributed by atoms with van der Waals surface area (Å²) in [7, 11) is 0. The zero-order valence-electron chi connectivity index (χ0n) is 11.4. The van der Waals surface area contributed by atoms with Crippen molar-refractivity contribution in [2.45, 2.75) is 45.8 Å². The van der Waals surface area contributed by atoms with E-state index >= 15 is 0 Å². The van der Waals surface area contributed by atoms with Crippen LogP contribution in [-0.4, -0.2) is 35.3 Å². The van der Waals surface area contributed by atoms with Gasteiger partial charge in [0.25, 0.3) is 0 Å². The topological polar surface area (TPSA) is 64.3 Å². The molecular formula is C13H22N4O. The van der Waals surface area contributed by atoms with Crippen LogP contribution < -0.4 is 10.6 Å². The molecule has 1 aromatic rings. The standard InChI is InChI=1S/C13H22N4O/c1-4-5-12-15-11(14)6-13(16-12)17-7-9(2)18-10(3)8-17/h6,9-10H,4-5,7-8H2,1-3H3,(H2,14,15,16). The van der Waals surface area contributed by atoms with Gasteiger partial charge in [-0.1, -0.05) is 6.92 Å². The maximum atomic E-state index is 5.86.